The van der Waals surface area contributed by atoms with E-state index in [0.717, 1.165) is 34.7 Å². The Hall–Kier alpha value is -0.950. The number of nitrogens with one attached hydrogen (secondary N) is 1. The molecule has 1 aliphatic carbocycles. The number of amides is 1. The molecule has 4 nitrogen and oxygen atoms in total. The van der Waals surface area contributed by atoms with Gasteiger partial charge in [-0.25, -0.2) is 0 Å². The smallest absolute Gasteiger partial charge is 0.237 e. The molecule has 126 valence electrons. The number of halogens is 1. The third kappa shape index (κ3) is 6.22. The first kappa shape index (κ1) is 18.4. The normalized spacial score (nSPS) is 18.2. The molecule has 0 bridgehead atoms. The Balaban J connectivity index is 1.84. The average Bonchev–Trinajstić information content (AvgIpc) is 2.55. The molecule has 2 atom stereocenters. The molecule has 2 unspecified atom stereocenters. The lowest BCUT2D eigenvalue weighted by Gasteiger charge is -2.25. The molecule has 0 radical (unpaired) electrons. The van der Waals surface area contributed by atoms with Crippen LogP contribution in [0.3, 0.4) is 0 Å². The maximum atomic E-state index is 12.2. The lowest BCUT2D eigenvalue weighted by molar-refractivity contribution is -0.125. The highest BCUT2D eigenvalue weighted by atomic mass is 127. The molecular formula is C18H25IN2O2. The fraction of sp³-hybridized carbons (Fsp3) is 0.556. The summed E-state index contributed by atoms with van der Waals surface area (Å²) in [7, 11) is 0. The van der Waals surface area contributed by atoms with E-state index in [4.69, 9.17) is 5.73 Å². The van der Waals surface area contributed by atoms with E-state index in [1.54, 1.807) is 0 Å². The molecular weight excluding hydrogens is 403 g/mol. The van der Waals surface area contributed by atoms with E-state index in [1.807, 2.05) is 24.3 Å². The van der Waals surface area contributed by atoms with Crippen LogP contribution < -0.4 is 11.1 Å². The van der Waals surface area contributed by atoms with Gasteiger partial charge in [0.2, 0.25) is 5.91 Å². The van der Waals surface area contributed by atoms with Crippen molar-refractivity contribution >= 4 is 34.8 Å². The Kier molecular flexibility index (Phi) is 7.49. The summed E-state index contributed by atoms with van der Waals surface area (Å²) in [5, 5.41) is 2.81. The van der Waals surface area contributed by atoms with Gasteiger partial charge < -0.3 is 15.8 Å². The second-order valence-corrected chi connectivity index (χ2v) is 7.68. The van der Waals surface area contributed by atoms with Crippen LogP contribution in [-0.2, 0) is 16.0 Å². The fourth-order valence-corrected chi connectivity index (χ4v) is 3.84. The molecule has 23 heavy (non-hydrogen) atoms. The Bertz CT molecular complexity index is 530. The predicted molar refractivity (Wildman–Crippen MR) is 100 cm³/mol. The number of aldehydes is 1. The molecule has 0 aromatic heterocycles. The van der Waals surface area contributed by atoms with Crippen LogP contribution in [0.2, 0.25) is 0 Å². The molecule has 1 aromatic carbocycles. The lowest BCUT2D eigenvalue weighted by Crippen LogP contribution is -2.47. The van der Waals surface area contributed by atoms with Gasteiger partial charge in [0.15, 0.2) is 0 Å². The summed E-state index contributed by atoms with van der Waals surface area (Å²) >= 11 is 2.24. The van der Waals surface area contributed by atoms with E-state index in [9.17, 15) is 9.59 Å². The highest BCUT2D eigenvalue weighted by molar-refractivity contribution is 14.1. The molecule has 0 heterocycles. The molecule has 2 rings (SSSR count). The second kappa shape index (κ2) is 9.37. The number of nitrogens with two attached hydrogens (primary N) is 1. The van der Waals surface area contributed by atoms with Gasteiger partial charge in [-0.3, -0.25) is 4.79 Å². The van der Waals surface area contributed by atoms with Crippen LogP contribution in [0.5, 0.6) is 0 Å². The van der Waals surface area contributed by atoms with Crippen LogP contribution in [0, 0.1) is 9.49 Å². The first-order valence-electron chi connectivity index (χ1n) is 8.34. The third-order valence-electron chi connectivity index (χ3n) is 4.49. The average molecular weight is 428 g/mol. The molecule has 1 aromatic rings. The van der Waals surface area contributed by atoms with Gasteiger partial charge in [0.05, 0.1) is 12.1 Å². The van der Waals surface area contributed by atoms with Crippen LogP contribution in [0.15, 0.2) is 24.3 Å². The van der Waals surface area contributed by atoms with E-state index in [0.29, 0.717) is 12.3 Å². The minimum atomic E-state index is -0.623. The molecule has 0 aliphatic heterocycles. The van der Waals surface area contributed by atoms with Gasteiger partial charge in [0.25, 0.3) is 0 Å². The van der Waals surface area contributed by atoms with Crippen molar-refractivity contribution in [2.75, 3.05) is 0 Å². The number of benzene rings is 1. The van der Waals surface area contributed by atoms with Crippen molar-refractivity contribution in [3.63, 3.8) is 0 Å². The molecule has 5 heteroatoms. The van der Waals surface area contributed by atoms with E-state index < -0.39 is 12.1 Å². The van der Waals surface area contributed by atoms with Crippen molar-refractivity contribution in [1.82, 2.24) is 5.32 Å². The topological polar surface area (TPSA) is 72.2 Å². The van der Waals surface area contributed by atoms with Gasteiger partial charge in [-0.1, -0.05) is 44.2 Å². The summed E-state index contributed by atoms with van der Waals surface area (Å²) < 4.78 is 1.12. The van der Waals surface area contributed by atoms with E-state index in [1.165, 1.54) is 19.3 Å². The summed E-state index contributed by atoms with van der Waals surface area (Å²) in [5.41, 5.74) is 7.04. The van der Waals surface area contributed by atoms with Crippen LogP contribution >= 0.6 is 22.6 Å². The van der Waals surface area contributed by atoms with Gasteiger partial charge in [-0.15, -0.1) is 0 Å². The first-order valence-corrected chi connectivity index (χ1v) is 9.42. The van der Waals surface area contributed by atoms with Gasteiger partial charge >= 0.3 is 0 Å². The monoisotopic (exact) mass is 428 g/mol. The Morgan fingerprint density at radius 1 is 1.35 bits per heavy atom. The predicted octanol–water partition coefficient (Wildman–Crippen LogP) is 2.82. The summed E-state index contributed by atoms with van der Waals surface area (Å²) in [5.74, 6) is 0.308. The highest BCUT2D eigenvalue weighted by Gasteiger charge is 2.22. The van der Waals surface area contributed by atoms with Crippen molar-refractivity contribution in [1.29, 1.82) is 0 Å². The number of hydrogen-bond acceptors (Lipinski definition) is 3. The van der Waals surface area contributed by atoms with Crippen molar-refractivity contribution in [3.05, 3.63) is 33.4 Å². The standard InChI is InChI=1S/C18H25IN2O2/c19-15-8-4-7-14(9-15)11-17(20)18(23)21-16(12-22)10-13-5-2-1-3-6-13/h4,7-9,12-13,16-17H,1-3,5-6,10-11,20H2,(H,21,23). The van der Waals surface area contributed by atoms with Crippen molar-refractivity contribution < 1.29 is 9.59 Å². The van der Waals surface area contributed by atoms with Gasteiger partial charge in [0.1, 0.15) is 6.29 Å². The molecule has 3 N–H and O–H groups in total. The second-order valence-electron chi connectivity index (χ2n) is 6.43. The zero-order valence-electron chi connectivity index (χ0n) is 13.3. The van der Waals surface area contributed by atoms with Gasteiger partial charge in [-0.05, 0) is 59.0 Å². The summed E-state index contributed by atoms with van der Waals surface area (Å²) in [6.45, 7) is 0. The maximum Gasteiger partial charge on any atom is 0.237 e. The summed E-state index contributed by atoms with van der Waals surface area (Å²) in [6.07, 6.45) is 8.15. The minimum absolute atomic E-state index is 0.239. The highest BCUT2D eigenvalue weighted by Crippen LogP contribution is 2.27. The van der Waals surface area contributed by atoms with Gasteiger partial charge in [-0.2, -0.15) is 0 Å². The van der Waals surface area contributed by atoms with Crippen LogP contribution in [-0.4, -0.2) is 24.3 Å². The van der Waals surface area contributed by atoms with Gasteiger partial charge in [0, 0.05) is 3.57 Å². The van der Waals surface area contributed by atoms with Crippen LogP contribution in [0.1, 0.15) is 44.1 Å². The Labute approximate surface area is 151 Å². The lowest BCUT2D eigenvalue weighted by atomic mass is 9.85. The molecule has 1 fully saturated rings. The van der Waals surface area contributed by atoms with E-state index in [-0.39, 0.29) is 5.91 Å². The number of carbonyl (C=O) groups is 2. The van der Waals surface area contributed by atoms with E-state index in [2.05, 4.69) is 27.9 Å². The Morgan fingerprint density at radius 3 is 2.74 bits per heavy atom. The van der Waals surface area contributed by atoms with E-state index >= 15 is 0 Å². The zero-order chi connectivity index (χ0) is 16.7. The fourth-order valence-electron chi connectivity index (χ4n) is 3.23. The first-order chi connectivity index (χ1) is 11.1. The van der Waals surface area contributed by atoms with Crippen LogP contribution in [0.25, 0.3) is 0 Å². The molecule has 1 aliphatic rings. The molecule has 0 spiro atoms. The maximum absolute atomic E-state index is 12.2. The molecule has 1 amide bonds. The summed E-state index contributed by atoms with van der Waals surface area (Å²) in [4.78, 5) is 23.5. The number of carbonyl (C=O) groups excluding carboxylic acids is 2. The zero-order valence-corrected chi connectivity index (χ0v) is 15.5. The van der Waals surface area contributed by atoms with Crippen molar-refractivity contribution in [3.8, 4) is 0 Å². The van der Waals surface area contributed by atoms with Crippen molar-refractivity contribution in [2.45, 2.75) is 57.0 Å². The summed E-state index contributed by atoms with van der Waals surface area (Å²) in [6, 6.07) is 6.91. The molecule has 1 saturated carbocycles. The largest absolute Gasteiger partial charge is 0.345 e. The third-order valence-corrected chi connectivity index (χ3v) is 5.16. The number of rotatable bonds is 7. The van der Waals surface area contributed by atoms with Crippen LogP contribution in [0.4, 0.5) is 0 Å². The minimum Gasteiger partial charge on any atom is -0.345 e. The SMILES string of the molecule is NC(Cc1cccc(I)c1)C(=O)NC(C=O)CC1CCCCC1. The quantitative estimate of drug-likeness (QED) is 0.518. The molecule has 0 saturated heterocycles. The number of hydrogen-bond donors (Lipinski definition) is 2. The Morgan fingerprint density at radius 2 is 2.09 bits per heavy atom. The van der Waals surface area contributed by atoms with Crippen molar-refractivity contribution in [2.24, 2.45) is 11.7 Å².